The summed E-state index contributed by atoms with van der Waals surface area (Å²) >= 11 is 3.41. The molecular formula is C56H57BrN4. The lowest BCUT2D eigenvalue weighted by molar-refractivity contribution is 1.20. The van der Waals surface area contributed by atoms with E-state index in [0.29, 0.717) is 0 Å². The minimum atomic E-state index is 0.907. The van der Waals surface area contributed by atoms with Gasteiger partial charge in [-0.2, -0.15) is 0 Å². The molecule has 0 aliphatic rings. The van der Waals surface area contributed by atoms with Crippen molar-refractivity contribution in [2.75, 3.05) is 0 Å². The maximum absolute atomic E-state index is 5.15. The first kappa shape index (κ1) is 44.5. The van der Waals surface area contributed by atoms with Gasteiger partial charge in [-0.05, 0) is 167 Å². The summed E-state index contributed by atoms with van der Waals surface area (Å²) in [4.78, 5) is 19.3. The fourth-order valence-corrected chi connectivity index (χ4v) is 8.91. The molecule has 0 saturated carbocycles. The fraction of sp³-hybridized carbons (Fsp3) is 0.214. The van der Waals surface area contributed by atoms with Crippen LogP contribution in [0.25, 0.3) is 56.3 Å². The Bertz CT molecular complexity index is 2630. The van der Waals surface area contributed by atoms with Crippen LogP contribution in [0.15, 0.2) is 132 Å². The second-order valence-electron chi connectivity index (χ2n) is 16.9. The van der Waals surface area contributed by atoms with Crippen molar-refractivity contribution in [1.82, 2.24) is 19.9 Å². The average Bonchev–Trinajstić information content (AvgIpc) is 3.16. The Kier molecular flexibility index (Phi) is 14.3. The van der Waals surface area contributed by atoms with Gasteiger partial charge >= 0.3 is 0 Å². The van der Waals surface area contributed by atoms with Crippen molar-refractivity contribution in [2.24, 2.45) is 0 Å². The van der Waals surface area contributed by atoms with Crippen molar-refractivity contribution in [3.63, 3.8) is 0 Å². The molecule has 4 nitrogen and oxygen atoms in total. The van der Waals surface area contributed by atoms with Crippen molar-refractivity contribution in [3.8, 4) is 56.3 Å². The minimum absolute atomic E-state index is 0.907. The highest BCUT2D eigenvalue weighted by molar-refractivity contribution is 9.10. The summed E-state index contributed by atoms with van der Waals surface area (Å²) in [6, 6.07) is 39.1. The van der Waals surface area contributed by atoms with Crippen molar-refractivity contribution in [1.29, 1.82) is 0 Å². The number of hydrogen-bond donors (Lipinski definition) is 0. The summed E-state index contributed by atoms with van der Waals surface area (Å²) in [6.45, 7) is 25.4. The molecule has 0 N–H and O–H groups in total. The molecule has 5 heteroatoms. The van der Waals surface area contributed by atoms with E-state index in [1.165, 1.54) is 71.2 Å². The SMILES string of the molecule is Cc1cc(C)cc(-c2cnc(-c3cc(C)cc(C)c3)c(-c3cc(C)cc(C)c3)n2)c1.Cc1cc(C)cc(-c2nccnc2-c2cc(C)cc(C)c2)c1.Cc1cc(C)cc(Br)c1. The Morgan fingerprint density at radius 2 is 0.525 bits per heavy atom. The predicted molar refractivity (Wildman–Crippen MR) is 262 cm³/mol. The molecule has 0 atom stereocenters. The zero-order chi connectivity index (χ0) is 44.0. The Morgan fingerprint density at radius 1 is 0.279 bits per heavy atom. The zero-order valence-electron chi connectivity index (χ0n) is 37.8. The standard InChI is InChI=1S/C28H28N2.C20H20N2.C8H9Br/c1-17-7-18(2)11-23(10-17)26-16-29-27(24-12-19(3)8-20(4)13-24)28(30-26)25-14-21(5)9-22(6)15-25;1-13-7-14(2)10-17(9-13)19-20(22-6-5-21-19)18-11-15(3)8-16(4)12-18;1-6-3-7(2)5-8(9)4-6/h7-16H,1-6H3;5-12H,1-4H3;3-5H,1-2H3. The minimum Gasteiger partial charge on any atom is -0.252 e. The van der Waals surface area contributed by atoms with E-state index in [1.807, 2.05) is 6.20 Å². The van der Waals surface area contributed by atoms with Crippen LogP contribution in [0.5, 0.6) is 0 Å². The smallest absolute Gasteiger partial charge is 0.0972 e. The van der Waals surface area contributed by atoms with Gasteiger partial charge in [-0.25, -0.2) is 4.98 Å². The van der Waals surface area contributed by atoms with Crippen LogP contribution in [0.1, 0.15) is 66.8 Å². The van der Waals surface area contributed by atoms with Gasteiger partial charge in [0, 0.05) is 44.7 Å². The number of aromatic nitrogens is 4. The van der Waals surface area contributed by atoms with Crippen LogP contribution in [0.3, 0.4) is 0 Å². The monoisotopic (exact) mass is 864 g/mol. The van der Waals surface area contributed by atoms with E-state index in [2.05, 4.69) is 218 Å². The van der Waals surface area contributed by atoms with Crippen LogP contribution in [0.4, 0.5) is 0 Å². The topological polar surface area (TPSA) is 51.6 Å². The quantitative estimate of drug-likeness (QED) is 0.173. The van der Waals surface area contributed by atoms with E-state index >= 15 is 0 Å². The molecule has 8 rings (SSSR count). The highest BCUT2D eigenvalue weighted by Crippen LogP contribution is 2.34. The van der Waals surface area contributed by atoms with E-state index in [9.17, 15) is 0 Å². The molecule has 6 aromatic carbocycles. The van der Waals surface area contributed by atoms with Gasteiger partial charge in [0.25, 0.3) is 0 Å². The molecule has 0 aliphatic carbocycles. The number of halogens is 1. The van der Waals surface area contributed by atoms with Crippen LogP contribution in [-0.2, 0) is 0 Å². The van der Waals surface area contributed by atoms with E-state index in [0.717, 1.165) is 56.3 Å². The molecule has 0 spiro atoms. The highest BCUT2D eigenvalue weighted by atomic mass is 79.9. The Balaban J connectivity index is 0.000000175. The van der Waals surface area contributed by atoms with Crippen molar-refractivity contribution in [3.05, 3.63) is 199 Å². The number of nitrogens with zero attached hydrogens (tertiary/aromatic N) is 4. The summed E-state index contributed by atoms with van der Waals surface area (Å²) in [5.74, 6) is 0. The van der Waals surface area contributed by atoms with Crippen molar-refractivity contribution >= 4 is 15.9 Å². The van der Waals surface area contributed by atoms with E-state index in [1.54, 1.807) is 12.4 Å². The normalized spacial score (nSPS) is 10.7. The fourth-order valence-electron chi connectivity index (χ4n) is 8.19. The van der Waals surface area contributed by atoms with Gasteiger partial charge in [0.05, 0.1) is 34.7 Å². The lowest BCUT2D eigenvalue weighted by atomic mass is 9.97. The molecule has 8 aromatic rings. The first-order valence-corrected chi connectivity index (χ1v) is 21.6. The Hall–Kier alpha value is -6.04. The molecule has 0 fully saturated rings. The molecule has 0 bridgehead atoms. The van der Waals surface area contributed by atoms with E-state index in [-0.39, 0.29) is 0 Å². The summed E-state index contributed by atoms with van der Waals surface area (Å²) < 4.78 is 1.17. The molecule has 0 radical (unpaired) electrons. The predicted octanol–water partition coefficient (Wildman–Crippen LogP) is 15.4. The number of aryl methyl sites for hydroxylation is 12. The van der Waals surface area contributed by atoms with Gasteiger partial charge in [0.15, 0.2) is 0 Å². The van der Waals surface area contributed by atoms with E-state index < -0.39 is 0 Å². The summed E-state index contributed by atoms with van der Waals surface area (Å²) in [6.07, 6.45) is 5.44. The molecular weight excluding hydrogens is 809 g/mol. The molecule has 61 heavy (non-hydrogen) atoms. The number of benzene rings is 6. The van der Waals surface area contributed by atoms with Crippen LogP contribution in [0, 0.1) is 83.1 Å². The van der Waals surface area contributed by atoms with Crippen LogP contribution in [-0.4, -0.2) is 19.9 Å². The maximum Gasteiger partial charge on any atom is 0.0972 e. The second-order valence-corrected chi connectivity index (χ2v) is 17.8. The molecule has 0 unspecified atom stereocenters. The van der Waals surface area contributed by atoms with Gasteiger partial charge in [-0.15, -0.1) is 0 Å². The molecule has 308 valence electrons. The molecule has 0 amide bonds. The van der Waals surface area contributed by atoms with Gasteiger partial charge < -0.3 is 0 Å². The third-order valence-corrected chi connectivity index (χ3v) is 10.6. The first-order chi connectivity index (χ1) is 29.0. The maximum atomic E-state index is 5.15. The van der Waals surface area contributed by atoms with Crippen LogP contribution < -0.4 is 0 Å². The second kappa shape index (κ2) is 19.6. The van der Waals surface area contributed by atoms with Crippen LogP contribution >= 0.6 is 15.9 Å². The zero-order valence-corrected chi connectivity index (χ0v) is 39.4. The third-order valence-electron chi connectivity index (χ3n) is 10.2. The van der Waals surface area contributed by atoms with Gasteiger partial charge in [0.2, 0.25) is 0 Å². The van der Waals surface area contributed by atoms with Crippen molar-refractivity contribution in [2.45, 2.75) is 83.1 Å². The molecule has 0 saturated heterocycles. The summed E-state index contributed by atoms with van der Waals surface area (Å²) in [7, 11) is 0. The highest BCUT2D eigenvalue weighted by Gasteiger charge is 2.16. The van der Waals surface area contributed by atoms with Gasteiger partial charge in [0.1, 0.15) is 0 Å². The Morgan fingerprint density at radius 3 is 0.820 bits per heavy atom. The molecule has 0 aliphatic heterocycles. The largest absolute Gasteiger partial charge is 0.252 e. The average molecular weight is 866 g/mol. The van der Waals surface area contributed by atoms with Crippen LogP contribution in [0.2, 0.25) is 0 Å². The van der Waals surface area contributed by atoms with Gasteiger partial charge in [-0.3, -0.25) is 15.0 Å². The first-order valence-electron chi connectivity index (χ1n) is 20.8. The summed E-state index contributed by atoms with van der Waals surface area (Å²) in [5, 5.41) is 0. The number of rotatable bonds is 5. The van der Waals surface area contributed by atoms with E-state index in [4.69, 9.17) is 9.97 Å². The molecule has 2 heterocycles. The lowest BCUT2D eigenvalue weighted by Crippen LogP contribution is -1.98. The van der Waals surface area contributed by atoms with Crippen molar-refractivity contribution < 1.29 is 0 Å². The summed E-state index contributed by atoms with van der Waals surface area (Å²) in [5.41, 5.74) is 25.2. The lowest BCUT2D eigenvalue weighted by Gasteiger charge is -2.14. The third kappa shape index (κ3) is 12.0. The number of hydrogen-bond acceptors (Lipinski definition) is 4. The molecule has 2 aromatic heterocycles. The van der Waals surface area contributed by atoms with Gasteiger partial charge in [-0.1, -0.05) is 108 Å². The Labute approximate surface area is 372 Å².